The van der Waals surface area contributed by atoms with Gasteiger partial charge in [-0.1, -0.05) is 6.92 Å². The summed E-state index contributed by atoms with van der Waals surface area (Å²) >= 11 is 0. The van der Waals surface area contributed by atoms with E-state index in [0.29, 0.717) is 37.4 Å². The zero-order valence-corrected chi connectivity index (χ0v) is 13.3. The summed E-state index contributed by atoms with van der Waals surface area (Å²) in [5, 5.41) is 0. The molecule has 0 radical (unpaired) electrons. The topological polar surface area (TPSA) is 68.5 Å². The van der Waals surface area contributed by atoms with Gasteiger partial charge < -0.3 is 14.1 Å². The van der Waals surface area contributed by atoms with Crippen molar-refractivity contribution < 1.29 is 18.3 Å². The van der Waals surface area contributed by atoms with Crippen LogP contribution in [0, 0.1) is 5.82 Å². The van der Waals surface area contributed by atoms with E-state index in [0.717, 1.165) is 0 Å². The molecule has 0 N–H and O–H groups in total. The van der Waals surface area contributed by atoms with Gasteiger partial charge >= 0.3 is 0 Å². The molecule has 0 aromatic carbocycles. The van der Waals surface area contributed by atoms with Crippen LogP contribution in [0.1, 0.15) is 24.8 Å². The Kier molecular flexibility index (Phi) is 4.88. The fourth-order valence-corrected chi connectivity index (χ4v) is 2.54. The van der Waals surface area contributed by atoms with Crippen LogP contribution < -0.4 is 4.74 Å². The van der Waals surface area contributed by atoms with Crippen LogP contribution in [0.25, 0.3) is 6.08 Å². The summed E-state index contributed by atoms with van der Waals surface area (Å²) in [4.78, 5) is 21.5. The normalized spacial score (nSPS) is 17.6. The summed E-state index contributed by atoms with van der Waals surface area (Å²) < 4.78 is 24.9. The summed E-state index contributed by atoms with van der Waals surface area (Å²) in [5.74, 6) is -0.0878. The lowest BCUT2D eigenvalue weighted by molar-refractivity contribution is -0.125. The molecule has 0 spiro atoms. The molecule has 1 fully saturated rings. The van der Waals surface area contributed by atoms with Gasteiger partial charge in [-0.05, 0) is 24.6 Å². The van der Waals surface area contributed by atoms with Gasteiger partial charge in [-0.15, -0.1) is 0 Å². The number of furan rings is 1. The van der Waals surface area contributed by atoms with Crippen LogP contribution >= 0.6 is 0 Å². The number of likely N-dealkylation sites (tertiary alicyclic amines) is 1. The van der Waals surface area contributed by atoms with Crippen molar-refractivity contribution in [3.8, 4) is 5.88 Å². The third-order valence-electron chi connectivity index (χ3n) is 3.83. The van der Waals surface area contributed by atoms with Crippen molar-refractivity contribution in [2.75, 3.05) is 13.1 Å². The first-order chi connectivity index (χ1) is 11.7. The molecule has 1 atom stereocenters. The number of nitrogens with zero attached hydrogens (tertiary/aromatic N) is 3. The predicted octanol–water partition coefficient (Wildman–Crippen LogP) is 2.46. The summed E-state index contributed by atoms with van der Waals surface area (Å²) in [6.45, 7) is 2.77. The number of amides is 1. The summed E-state index contributed by atoms with van der Waals surface area (Å²) in [5.41, 5.74) is 0.326. The number of carbonyl (C=O) groups is 1. The molecule has 1 aliphatic rings. The molecular formula is C17H18FN3O3. The van der Waals surface area contributed by atoms with Crippen molar-refractivity contribution in [2.24, 2.45) is 0 Å². The molecule has 126 valence electrons. The van der Waals surface area contributed by atoms with Crippen molar-refractivity contribution in [2.45, 2.75) is 25.9 Å². The highest BCUT2D eigenvalue weighted by Gasteiger charge is 2.28. The van der Waals surface area contributed by atoms with Gasteiger partial charge in [0.2, 0.25) is 11.7 Å². The van der Waals surface area contributed by atoms with Crippen molar-refractivity contribution in [1.29, 1.82) is 0 Å². The zero-order chi connectivity index (χ0) is 16.9. The van der Waals surface area contributed by atoms with E-state index in [4.69, 9.17) is 9.15 Å². The highest BCUT2D eigenvalue weighted by atomic mass is 19.1. The Balaban J connectivity index is 1.58. The van der Waals surface area contributed by atoms with Gasteiger partial charge in [0.15, 0.2) is 0 Å². The first-order valence-electron chi connectivity index (χ1n) is 7.84. The number of aryl methyl sites for hydroxylation is 1. The lowest BCUT2D eigenvalue weighted by Gasteiger charge is -2.15. The largest absolute Gasteiger partial charge is 0.470 e. The molecule has 3 rings (SSSR count). The molecule has 2 aromatic heterocycles. The Morgan fingerprint density at radius 1 is 1.54 bits per heavy atom. The number of halogens is 1. The third kappa shape index (κ3) is 3.61. The van der Waals surface area contributed by atoms with Gasteiger partial charge in [0, 0.05) is 19.0 Å². The standard InChI is InChI=1S/C17H18FN3O3/c1-2-14-16(18)17(20-11-19-14)24-13-7-8-21(10-13)15(22)6-5-12-4-3-9-23-12/h3-6,9,11,13H,2,7-8,10H2,1H3/b6-5+. The van der Waals surface area contributed by atoms with Crippen molar-refractivity contribution >= 4 is 12.0 Å². The first kappa shape index (κ1) is 16.2. The maximum Gasteiger partial charge on any atom is 0.254 e. The quantitative estimate of drug-likeness (QED) is 0.787. The van der Waals surface area contributed by atoms with Gasteiger partial charge in [-0.25, -0.2) is 4.98 Å². The molecule has 1 aliphatic heterocycles. The second kappa shape index (κ2) is 7.25. The van der Waals surface area contributed by atoms with E-state index in [1.807, 2.05) is 6.92 Å². The number of hydrogen-bond acceptors (Lipinski definition) is 5. The molecule has 6 nitrogen and oxygen atoms in total. The summed E-state index contributed by atoms with van der Waals surface area (Å²) in [7, 11) is 0. The van der Waals surface area contributed by atoms with E-state index in [1.165, 1.54) is 12.4 Å². The fourth-order valence-electron chi connectivity index (χ4n) is 2.54. The van der Waals surface area contributed by atoms with Crippen LogP contribution in [-0.4, -0.2) is 40.0 Å². The molecule has 2 aromatic rings. The number of hydrogen-bond donors (Lipinski definition) is 0. The lowest BCUT2D eigenvalue weighted by Crippen LogP contribution is -2.29. The van der Waals surface area contributed by atoms with Crippen molar-refractivity contribution in [3.63, 3.8) is 0 Å². The van der Waals surface area contributed by atoms with Gasteiger partial charge in [0.05, 0.1) is 18.5 Å². The zero-order valence-electron chi connectivity index (χ0n) is 13.3. The SMILES string of the molecule is CCc1ncnc(OC2CCN(C(=O)/C=C/c3ccco3)C2)c1F. The van der Waals surface area contributed by atoms with Crippen molar-refractivity contribution in [3.05, 3.63) is 48.1 Å². The van der Waals surface area contributed by atoms with Crippen LogP contribution in [0.3, 0.4) is 0 Å². The number of rotatable bonds is 5. The van der Waals surface area contributed by atoms with E-state index in [-0.39, 0.29) is 17.9 Å². The molecule has 1 amide bonds. The Morgan fingerprint density at radius 2 is 2.42 bits per heavy atom. The monoisotopic (exact) mass is 331 g/mol. The van der Waals surface area contributed by atoms with E-state index in [1.54, 1.807) is 29.4 Å². The molecule has 0 aliphatic carbocycles. The molecular weight excluding hydrogens is 313 g/mol. The molecule has 1 saturated heterocycles. The van der Waals surface area contributed by atoms with Gasteiger partial charge in [-0.3, -0.25) is 4.79 Å². The van der Waals surface area contributed by atoms with Crippen molar-refractivity contribution in [1.82, 2.24) is 14.9 Å². The molecule has 24 heavy (non-hydrogen) atoms. The fraction of sp³-hybridized carbons (Fsp3) is 0.353. The Hall–Kier alpha value is -2.70. The highest BCUT2D eigenvalue weighted by molar-refractivity contribution is 5.91. The van der Waals surface area contributed by atoms with E-state index in [2.05, 4.69) is 9.97 Å². The van der Waals surface area contributed by atoms with E-state index < -0.39 is 5.82 Å². The smallest absolute Gasteiger partial charge is 0.254 e. The van der Waals surface area contributed by atoms with Crippen LogP contribution in [0.2, 0.25) is 0 Å². The number of aromatic nitrogens is 2. The van der Waals surface area contributed by atoms with Gasteiger partial charge in [0.25, 0.3) is 5.88 Å². The first-order valence-corrected chi connectivity index (χ1v) is 7.84. The molecule has 0 bridgehead atoms. The van der Waals surface area contributed by atoms with Gasteiger partial charge in [-0.2, -0.15) is 9.37 Å². The Bertz CT molecular complexity index is 731. The summed E-state index contributed by atoms with van der Waals surface area (Å²) in [6.07, 6.45) is 6.74. The molecule has 1 unspecified atom stereocenters. The van der Waals surface area contributed by atoms with Crippen LogP contribution in [0.5, 0.6) is 5.88 Å². The molecule has 3 heterocycles. The minimum Gasteiger partial charge on any atom is -0.470 e. The second-order valence-corrected chi connectivity index (χ2v) is 5.45. The number of carbonyl (C=O) groups excluding carboxylic acids is 1. The number of ether oxygens (including phenoxy) is 1. The second-order valence-electron chi connectivity index (χ2n) is 5.45. The van der Waals surface area contributed by atoms with Crippen LogP contribution in [-0.2, 0) is 11.2 Å². The predicted molar refractivity (Wildman–Crippen MR) is 84.7 cm³/mol. The highest BCUT2D eigenvalue weighted by Crippen LogP contribution is 2.21. The minimum atomic E-state index is -0.525. The Labute approximate surface area is 139 Å². The average Bonchev–Trinajstić information content (AvgIpc) is 3.26. The lowest BCUT2D eigenvalue weighted by atomic mass is 10.3. The maximum absolute atomic E-state index is 14.1. The molecule has 7 heteroatoms. The maximum atomic E-state index is 14.1. The van der Waals surface area contributed by atoms with E-state index >= 15 is 0 Å². The Morgan fingerprint density at radius 3 is 3.17 bits per heavy atom. The van der Waals surface area contributed by atoms with Crippen LogP contribution in [0.15, 0.2) is 35.2 Å². The third-order valence-corrected chi connectivity index (χ3v) is 3.83. The molecule has 0 saturated carbocycles. The van der Waals surface area contributed by atoms with Gasteiger partial charge in [0.1, 0.15) is 18.2 Å². The summed E-state index contributed by atoms with van der Waals surface area (Å²) in [6, 6.07) is 3.52. The van der Waals surface area contributed by atoms with Crippen LogP contribution in [0.4, 0.5) is 4.39 Å². The average molecular weight is 331 g/mol. The minimum absolute atomic E-state index is 0.0488. The van der Waals surface area contributed by atoms with E-state index in [9.17, 15) is 9.18 Å².